The van der Waals surface area contributed by atoms with Crippen molar-refractivity contribution in [2.24, 2.45) is 16.8 Å². The molecule has 3 amide bonds. The van der Waals surface area contributed by atoms with Gasteiger partial charge in [-0.1, -0.05) is 18.5 Å². The quantitative estimate of drug-likeness (QED) is 0.459. The third-order valence-electron chi connectivity index (χ3n) is 7.09. The van der Waals surface area contributed by atoms with Crippen LogP contribution in [0.1, 0.15) is 76.7 Å². The van der Waals surface area contributed by atoms with Crippen LogP contribution in [-0.4, -0.2) is 60.3 Å². The van der Waals surface area contributed by atoms with Gasteiger partial charge in [-0.15, -0.1) is 0 Å². The molecule has 38 heavy (non-hydrogen) atoms. The lowest BCUT2D eigenvalue weighted by atomic mass is 9.93. The van der Waals surface area contributed by atoms with Gasteiger partial charge in [-0.2, -0.15) is 0 Å². The van der Waals surface area contributed by atoms with Crippen LogP contribution in [0, 0.1) is 18.8 Å². The van der Waals surface area contributed by atoms with Gasteiger partial charge in [0.2, 0.25) is 0 Å². The third-order valence-corrected chi connectivity index (χ3v) is 7.31. The topological polar surface area (TPSA) is 91.3 Å². The van der Waals surface area contributed by atoms with E-state index < -0.39 is 5.60 Å². The minimum Gasteiger partial charge on any atom is -0.444 e. The van der Waals surface area contributed by atoms with Gasteiger partial charge in [0, 0.05) is 59.9 Å². The van der Waals surface area contributed by atoms with Crippen molar-refractivity contribution in [3.05, 3.63) is 40.1 Å². The van der Waals surface area contributed by atoms with E-state index in [2.05, 4.69) is 22.1 Å². The maximum atomic E-state index is 13.2. The normalized spacial score (nSPS) is 19.8. The molecule has 1 N–H and O–H groups in total. The predicted molar refractivity (Wildman–Crippen MR) is 152 cm³/mol. The SMILES string of the molecule is CCN(CC1CCN(C(=O)OC(C)(C)C)CC1)c1cc(Cl)cc(C(=O)N/C=C2\C(=O)N=C(C)CC2C)c1C. The van der Waals surface area contributed by atoms with Crippen LogP contribution in [0.15, 0.2) is 28.9 Å². The Morgan fingerprint density at radius 3 is 2.47 bits per heavy atom. The lowest BCUT2D eigenvalue weighted by Crippen LogP contribution is -2.44. The highest BCUT2D eigenvalue weighted by molar-refractivity contribution is 6.31. The average Bonchev–Trinajstić information content (AvgIpc) is 2.82. The second kappa shape index (κ2) is 12.3. The highest BCUT2D eigenvalue weighted by Crippen LogP contribution is 2.31. The Hall–Kier alpha value is -2.87. The van der Waals surface area contributed by atoms with Crippen molar-refractivity contribution in [3.8, 4) is 0 Å². The second-order valence-corrected chi connectivity index (χ2v) is 11.8. The molecule has 1 aromatic carbocycles. The summed E-state index contributed by atoms with van der Waals surface area (Å²) in [4.78, 5) is 46.0. The molecular weight excluding hydrogens is 504 g/mol. The summed E-state index contributed by atoms with van der Waals surface area (Å²) in [6.45, 7) is 16.3. The van der Waals surface area contributed by atoms with Crippen molar-refractivity contribution < 1.29 is 19.1 Å². The molecule has 9 heteroatoms. The van der Waals surface area contributed by atoms with Gasteiger partial charge in [-0.05, 0) is 90.3 Å². The van der Waals surface area contributed by atoms with Crippen LogP contribution in [0.3, 0.4) is 0 Å². The first kappa shape index (κ1) is 29.7. The largest absolute Gasteiger partial charge is 0.444 e. The summed E-state index contributed by atoms with van der Waals surface area (Å²) in [7, 11) is 0. The Morgan fingerprint density at radius 2 is 1.89 bits per heavy atom. The van der Waals surface area contributed by atoms with Crippen LogP contribution in [0.4, 0.5) is 10.5 Å². The van der Waals surface area contributed by atoms with Crippen molar-refractivity contribution in [2.45, 2.75) is 73.3 Å². The summed E-state index contributed by atoms with van der Waals surface area (Å²) >= 11 is 6.48. The number of nitrogens with one attached hydrogen (secondary N) is 1. The third kappa shape index (κ3) is 7.59. The van der Waals surface area contributed by atoms with Crippen molar-refractivity contribution in [1.82, 2.24) is 10.2 Å². The summed E-state index contributed by atoms with van der Waals surface area (Å²) in [5.74, 6) is -0.225. The first-order valence-electron chi connectivity index (χ1n) is 13.4. The van der Waals surface area contributed by atoms with E-state index in [-0.39, 0.29) is 23.8 Å². The average molecular weight is 545 g/mol. The molecule has 2 aliphatic rings. The molecule has 8 nitrogen and oxygen atoms in total. The molecular formula is C29H41ClN4O4. The number of aliphatic imine (C=N–C) groups is 1. The monoisotopic (exact) mass is 544 g/mol. The highest BCUT2D eigenvalue weighted by atomic mass is 35.5. The molecule has 208 valence electrons. The fourth-order valence-corrected chi connectivity index (χ4v) is 5.25. The molecule has 0 spiro atoms. The number of rotatable bonds is 6. The summed E-state index contributed by atoms with van der Waals surface area (Å²) < 4.78 is 5.52. The summed E-state index contributed by atoms with van der Waals surface area (Å²) in [5.41, 5.74) is 3.01. The zero-order chi connectivity index (χ0) is 28.2. The van der Waals surface area contributed by atoms with Crippen LogP contribution < -0.4 is 10.2 Å². The molecule has 2 aliphatic heterocycles. The molecule has 0 radical (unpaired) electrons. The zero-order valence-corrected chi connectivity index (χ0v) is 24.4. The van der Waals surface area contributed by atoms with Crippen molar-refractivity contribution in [3.63, 3.8) is 0 Å². The van der Waals surface area contributed by atoms with E-state index in [4.69, 9.17) is 16.3 Å². The maximum Gasteiger partial charge on any atom is 0.410 e. The van der Waals surface area contributed by atoms with E-state index in [9.17, 15) is 14.4 Å². The van der Waals surface area contributed by atoms with Gasteiger partial charge in [0.25, 0.3) is 11.8 Å². The number of carbonyl (C=O) groups excluding carboxylic acids is 3. The second-order valence-electron chi connectivity index (χ2n) is 11.4. The van der Waals surface area contributed by atoms with E-state index in [1.165, 1.54) is 6.20 Å². The fraction of sp³-hybridized carbons (Fsp3) is 0.586. The summed E-state index contributed by atoms with van der Waals surface area (Å²) in [6.07, 6.45) is 3.68. The molecule has 0 bridgehead atoms. The number of piperidine rings is 1. The first-order chi connectivity index (χ1) is 17.8. The Labute approximate surface area is 231 Å². The van der Waals surface area contributed by atoms with Gasteiger partial charge in [0.1, 0.15) is 5.60 Å². The van der Waals surface area contributed by atoms with Crippen molar-refractivity contribution >= 4 is 40.9 Å². The number of halogens is 1. The van der Waals surface area contributed by atoms with Crippen LogP contribution >= 0.6 is 11.6 Å². The van der Waals surface area contributed by atoms with Gasteiger partial charge >= 0.3 is 6.09 Å². The maximum absolute atomic E-state index is 13.2. The van der Waals surface area contributed by atoms with Crippen LogP contribution in [0.5, 0.6) is 0 Å². The lowest BCUT2D eigenvalue weighted by Gasteiger charge is -2.36. The van der Waals surface area contributed by atoms with Crippen molar-refractivity contribution in [1.29, 1.82) is 0 Å². The molecule has 2 heterocycles. The van der Waals surface area contributed by atoms with E-state index in [0.717, 1.165) is 42.9 Å². The molecule has 3 rings (SSSR count). The fourth-order valence-electron chi connectivity index (χ4n) is 5.04. The van der Waals surface area contributed by atoms with E-state index >= 15 is 0 Å². The molecule has 1 fully saturated rings. The van der Waals surface area contributed by atoms with E-state index in [0.29, 0.717) is 41.6 Å². The Balaban J connectivity index is 1.70. The number of hydrogen-bond donors (Lipinski definition) is 1. The molecule has 1 atom stereocenters. The van der Waals surface area contributed by atoms with E-state index in [1.807, 2.05) is 47.6 Å². The van der Waals surface area contributed by atoms with Crippen LogP contribution in [0.25, 0.3) is 0 Å². The number of benzene rings is 1. The van der Waals surface area contributed by atoms with Gasteiger partial charge in [-0.3, -0.25) is 9.59 Å². The number of ether oxygens (including phenoxy) is 1. The van der Waals surface area contributed by atoms with Crippen LogP contribution in [0.2, 0.25) is 5.02 Å². The van der Waals surface area contributed by atoms with E-state index in [1.54, 1.807) is 11.0 Å². The molecule has 1 aromatic rings. The predicted octanol–water partition coefficient (Wildman–Crippen LogP) is 5.76. The number of likely N-dealkylation sites (tertiary alicyclic amines) is 1. The summed E-state index contributed by atoms with van der Waals surface area (Å²) in [5, 5.41) is 3.27. The smallest absolute Gasteiger partial charge is 0.410 e. The Morgan fingerprint density at radius 1 is 1.24 bits per heavy atom. The first-order valence-corrected chi connectivity index (χ1v) is 13.8. The molecule has 0 aromatic heterocycles. The molecule has 1 saturated heterocycles. The Bertz CT molecular complexity index is 1130. The van der Waals surface area contributed by atoms with Gasteiger partial charge < -0.3 is 19.9 Å². The number of amides is 3. The summed E-state index contributed by atoms with van der Waals surface area (Å²) in [6, 6.07) is 3.56. The standard InChI is InChI=1S/C29H41ClN4O4/c1-8-33(17-21-9-11-34(12-10-21)28(37)38-29(5,6)7)25-15-22(30)14-23(20(25)4)26(35)31-16-24-18(2)13-19(3)32-27(24)36/h14-16,18,21H,8-13,17H2,1-7H3,(H,31,35)/b24-16-. The lowest BCUT2D eigenvalue weighted by molar-refractivity contribution is -0.115. The number of hydrogen-bond acceptors (Lipinski definition) is 5. The van der Waals surface area contributed by atoms with Gasteiger partial charge in [-0.25, -0.2) is 9.79 Å². The zero-order valence-electron chi connectivity index (χ0n) is 23.7. The Kier molecular flexibility index (Phi) is 9.63. The number of carbonyl (C=O) groups is 3. The minimum absolute atomic E-state index is 0.00589. The van der Waals surface area contributed by atoms with Gasteiger partial charge in [0.15, 0.2) is 0 Å². The molecule has 0 aliphatic carbocycles. The van der Waals surface area contributed by atoms with Crippen LogP contribution in [-0.2, 0) is 9.53 Å². The van der Waals surface area contributed by atoms with Gasteiger partial charge in [0.05, 0.1) is 0 Å². The minimum atomic E-state index is -0.505. The number of nitrogens with zero attached hydrogens (tertiary/aromatic N) is 3. The number of anilines is 1. The highest BCUT2D eigenvalue weighted by Gasteiger charge is 2.28. The molecule has 0 saturated carbocycles. The molecule has 1 unspecified atom stereocenters. The van der Waals surface area contributed by atoms with Crippen molar-refractivity contribution in [2.75, 3.05) is 31.1 Å².